The van der Waals surface area contributed by atoms with E-state index in [2.05, 4.69) is 5.32 Å². The number of nitrogens with zero attached hydrogens (tertiary/aromatic N) is 1. The Hall–Kier alpha value is -2.97. The van der Waals surface area contributed by atoms with Gasteiger partial charge in [0.1, 0.15) is 6.61 Å². The van der Waals surface area contributed by atoms with E-state index >= 15 is 0 Å². The fourth-order valence-corrected chi connectivity index (χ4v) is 4.82. The van der Waals surface area contributed by atoms with E-state index in [0.717, 1.165) is 15.3 Å². The fourth-order valence-electron chi connectivity index (χ4n) is 3.42. The Morgan fingerprint density at radius 3 is 2.78 bits per heavy atom. The SMILES string of the molecule is CCN(Cc1ccc(OCc2cccs2)c(OC)c1)C(=O)c1ccc2c(c1)NC(=O)CS2. The molecule has 0 atom stereocenters. The number of rotatable bonds is 8. The Bertz CT molecular complexity index is 1120. The third-order valence-corrected chi connectivity index (χ3v) is 7.00. The van der Waals surface area contributed by atoms with Gasteiger partial charge >= 0.3 is 0 Å². The van der Waals surface area contributed by atoms with Gasteiger partial charge in [-0.3, -0.25) is 9.59 Å². The van der Waals surface area contributed by atoms with Gasteiger partial charge in [-0.25, -0.2) is 0 Å². The van der Waals surface area contributed by atoms with Crippen LogP contribution in [-0.2, 0) is 17.9 Å². The molecular weight excluding hydrogens is 444 g/mol. The second-order valence-corrected chi connectivity index (χ2v) is 9.27. The topological polar surface area (TPSA) is 67.9 Å². The monoisotopic (exact) mass is 468 g/mol. The molecule has 1 N–H and O–H groups in total. The van der Waals surface area contributed by atoms with Crippen LogP contribution in [0.15, 0.2) is 58.8 Å². The predicted molar refractivity (Wildman–Crippen MR) is 128 cm³/mol. The van der Waals surface area contributed by atoms with E-state index in [1.807, 2.05) is 54.8 Å². The summed E-state index contributed by atoms with van der Waals surface area (Å²) in [5.74, 6) is 1.57. The van der Waals surface area contributed by atoms with Crippen LogP contribution in [0.1, 0.15) is 27.7 Å². The molecule has 0 saturated heterocycles. The summed E-state index contributed by atoms with van der Waals surface area (Å²) in [7, 11) is 1.61. The highest BCUT2D eigenvalue weighted by atomic mass is 32.2. The lowest BCUT2D eigenvalue weighted by molar-refractivity contribution is -0.113. The van der Waals surface area contributed by atoms with Crippen molar-refractivity contribution >= 4 is 40.6 Å². The van der Waals surface area contributed by atoms with E-state index in [4.69, 9.17) is 9.47 Å². The number of carbonyl (C=O) groups is 2. The van der Waals surface area contributed by atoms with Crippen molar-refractivity contribution in [3.05, 3.63) is 69.9 Å². The van der Waals surface area contributed by atoms with E-state index < -0.39 is 0 Å². The Morgan fingerprint density at radius 2 is 2.03 bits per heavy atom. The number of thiophene rings is 1. The minimum absolute atomic E-state index is 0.0482. The van der Waals surface area contributed by atoms with E-state index in [1.54, 1.807) is 29.4 Å². The van der Waals surface area contributed by atoms with Gasteiger partial charge in [-0.1, -0.05) is 12.1 Å². The number of nitrogens with one attached hydrogen (secondary N) is 1. The number of fused-ring (bicyclic) bond motifs is 1. The summed E-state index contributed by atoms with van der Waals surface area (Å²) in [5, 5.41) is 4.86. The van der Waals surface area contributed by atoms with E-state index in [-0.39, 0.29) is 11.8 Å². The zero-order chi connectivity index (χ0) is 22.5. The largest absolute Gasteiger partial charge is 0.493 e. The van der Waals surface area contributed by atoms with Gasteiger partial charge in [0, 0.05) is 28.4 Å². The highest BCUT2D eigenvalue weighted by molar-refractivity contribution is 8.00. The van der Waals surface area contributed by atoms with E-state index in [0.29, 0.717) is 48.2 Å². The van der Waals surface area contributed by atoms with Gasteiger partial charge in [-0.05, 0) is 54.3 Å². The molecule has 2 heterocycles. The van der Waals surface area contributed by atoms with E-state index in [9.17, 15) is 9.59 Å². The number of hydrogen-bond donors (Lipinski definition) is 1. The Kier molecular flexibility index (Phi) is 7.02. The number of amides is 2. The number of thioether (sulfide) groups is 1. The summed E-state index contributed by atoms with van der Waals surface area (Å²) in [6.45, 7) is 3.43. The highest BCUT2D eigenvalue weighted by Gasteiger charge is 2.20. The summed E-state index contributed by atoms with van der Waals surface area (Å²) in [4.78, 5) is 28.7. The van der Waals surface area contributed by atoms with Crippen molar-refractivity contribution in [1.29, 1.82) is 0 Å². The van der Waals surface area contributed by atoms with Gasteiger partial charge in [-0.15, -0.1) is 23.1 Å². The van der Waals surface area contributed by atoms with Gasteiger partial charge in [0.2, 0.25) is 5.91 Å². The van der Waals surface area contributed by atoms with Crippen LogP contribution in [0.4, 0.5) is 5.69 Å². The first-order chi connectivity index (χ1) is 15.6. The number of carbonyl (C=O) groups excluding carboxylic acids is 2. The molecule has 8 heteroatoms. The molecule has 0 radical (unpaired) electrons. The number of benzene rings is 2. The first kappa shape index (κ1) is 22.2. The molecule has 3 aromatic rings. The zero-order valence-electron chi connectivity index (χ0n) is 17.9. The third kappa shape index (κ3) is 5.08. The minimum atomic E-state index is -0.0860. The van der Waals surface area contributed by atoms with Crippen LogP contribution in [0.25, 0.3) is 0 Å². The summed E-state index contributed by atoms with van der Waals surface area (Å²) in [6, 6.07) is 15.2. The van der Waals surface area contributed by atoms with Gasteiger partial charge < -0.3 is 19.7 Å². The lowest BCUT2D eigenvalue weighted by Gasteiger charge is -2.23. The molecule has 0 aliphatic carbocycles. The Balaban J connectivity index is 1.47. The van der Waals surface area contributed by atoms with Crippen molar-refractivity contribution < 1.29 is 19.1 Å². The Morgan fingerprint density at radius 1 is 1.16 bits per heavy atom. The average molecular weight is 469 g/mol. The summed E-state index contributed by atoms with van der Waals surface area (Å²) in [6.07, 6.45) is 0. The van der Waals surface area contributed by atoms with E-state index in [1.165, 1.54) is 11.8 Å². The molecule has 6 nitrogen and oxygen atoms in total. The number of methoxy groups -OCH3 is 1. The van der Waals surface area contributed by atoms with Gasteiger partial charge in [0.25, 0.3) is 5.91 Å². The standard InChI is InChI=1S/C24H24N2O4S2/c1-3-26(24(28)17-7-9-22-19(12-17)25-23(27)15-32-22)13-16-6-8-20(21(11-16)29-2)30-14-18-5-4-10-31-18/h4-12H,3,13-15H2,1-2H3,(H,25,27). The second-order valence-electron chi connectivity index (χ2n) is 7.22. The molecular formula is C24H24N2O4S2. The van der Waals surface area contributed by atoms with Crippen molar-refractivity contribution in [1.82, 2.24) is 4.90 Å². The lowest BCUT2D eigenvalue weighted by atomic mass is 10.1. The molecule has 2 amide bonds. The van der Waals surface area contributed by atoms with Gasteiger partial charge in [-0.2, -0.15) is 0 Å². The molecule has 0 bridgehead atoms. The molecule has 0 fully saturated rings. The van der Waals surface area contributed by atoms with Crippen molar-refractivity contribution in [2.24, 2.45) is 0 Å². The minimum Gasteiger partial charge on any atom is -0.493 e. The zero-order valence-corrected chi connectivity index (χ0v) is 19.6. The highest BCUT2D eigenvalue weighted by Crippen LogP contribution is 2.33. The third-order valence-electron chi connectivity index (χ3n) is 5.08. The maximum Gasteiger partial charge on any atom is 0.254 e. The molecule has 1 aromatic heterocycles. The summed E-state index contributed by atoms with van der Waals surface area (Å²) < 4.78 is 11.4. The normalized spacial score (nSPS) is 12.6. The maximum atomic E-state index is 13.2. The predicted octanol–water partition coefficient (Wildman–Crippen LogP) is 5.04. The molecule has 2 aromatic carbocycles. The molecule has 4 rings (SSSR count). The maximum absolute atomic E-state index is 13.2. The number of anilines is 1. The second kappa shape index (κ2) is 10.1. The fraction of sp³-hybridized carbons (Fsp3) is 0.250. The lowest BCUT2D eigenvalue weighted by Crippen LogP contribution is -2.30. The molecule has 0 unspecified atom stereocenters. The van der Waals surface area contributed by atoms with Crippen LogP contribution in [0.5, 0.6) is 11.5 Å². The van der Waals surface area contributed by atoms with Gasteiger partial charge in [0.15, 0.2) is 11.5 Å². The number of hydrogen-bond acceptors (Lipinski definition) is 6. The van der Waals surface area contributed by atoms with Gasteiger partial charge in [0.05, 0.1) is 18.6 Å². The molecule has 1 aliphatic rings. The quantitative estimate of drug-likeness (QED) is 0.502. The molecule has 1 aliphatic heterocycles. The Labute approximate surface area is 195 Å². The van der Waals surface area contributed by atoms with Crippen LogP contribution in [-0.4, -0.2) is 36.1 Å². The number of ether oxygens (including phenoxy) is 2. The van der Waals surface area contributed by atoms with Crippen LogP contribution >= 0.6 is 23.1 Å². The molecule has 166 valence electrons. The van der Waals surface area contributed by atoms with Crippen LogP contribution in [0.3, 0.4) is 0 Å². The van der Waals surface area contributed by atoms with Crippen molar-refractivity contribution in [2.45, 2.75) is 25.0 Å². The molecule has 0 saturated carbocycles. The molecule has 0 spiro atoms. The van der Waals surface area contributed by atoms with Crippen molar-refractivity contribution in [2.75, 3.05) is 24.7 Å². The van der Waals surface area contributed by atoms with Crippen LogP contribution in [0.2, 0.25) is 0 Å². The summed E-state index contributed by atoms with van der Waals surface area (Å²) >= 11 is 3.13. The van der Waals surface area contributed by atoms with Crippen molar-refractivity contribution in [3.63, 3.8) is 0 Å². The summed E-state index contributed by atoms with van der Waals surface area (Å²) in [5.41, 5.74) is 2.20. The first-order valence-corrected chi connectivity index (χ1v) is 12.1. The molecule has 32 heavy (non-hydrogen) atoms. The van der Waals surface area contributed by atoms with Crippen LogP contribution < -0.4 is 14.8 Å². The van der Waals surface area contributed by atoms with Crippen molar-refractivity contribution in [3.8, 4) is 11.5 Å². The average Bonchev–Trinajstić information content (AvgIpc) is 3.34. The smallest absolute Gasteiger partial charge is 0.254 e. The van der Waals surface area contributed by atoms with Crippen LogP contribution in [0, 0.1) is 0 Å². The first-order valence-electron chi connectivity index (χ1n) is 10.3.